The van der Waals surface area contributed by atoms with Gasteiger partial charge in [-0.25, -0.2) is 4.79 Å². The first-order chi connectivity index (χ1) is 8.74. The van der Waals surface area contributed by atoms with Gasteiger partial charge in [-0.05, 0) is 20.8 Å². The molecule has 1 heterocycles. The zero-order chi connectivity index (χ0) is 14.6. The van der Waals surface area contributed by atoms with Crippen LogP contribution in [0, 0.1) is 5.92 Å². The fourth-order valence-corrected chi connectivity index (χ4v) is 1.98. The molecule has 0 saturated carbocycles. The highest BCUT2D eigenvalue weighted by Gasteiger charge is 2.36. The van der Waals surface area contributed by atoms with E-state index in [0.717, 1.165) is 0 Å². The molecule has 1 aliphatic heterocycles. The van der Waals surface area contributed by atoms with Crippen LogP contribution in [0.3, 0.4) is 0 Å². The van der Waals surface area contributed by atoms with Gasteiger partial charge < -0.3 is 25.2 Å². The van der Waals surface area contributed by atoms with Gasteiger partial charge in [-0.15, -0.1) is 0 Å². The predicted molar refractivity (Wildman–Crippen MR) is 67.8 cm³/mol. The molecule has 0 aromatic heterocycles. The van der Waals surface area contributed by atoms with Crippen LogP contribution in [-0.4, -0.2) is 65.1 Å². The minimum absolute atomic E-state index is 0.109. The molecule has 1 rings (SSSR count). The normalized spacial score (nSPS) is 23.2. The van der Waals surface area contributed by atoms with Crippen molar-refractivity contribution in [1.82, 2.24) is 10.2 Å². The van der Waals surface area contributed by atoms with Crippen molar-refractivity contribution in [3.8, 4) is 0 Å². The van der Waals surface area contributed by atoms with Crippen molar-refractivity contribution in [1.29, 1.82) is 0 Å². The van der Waals surface area contributed by atoms with E-state index in [9.17, 15) is 14.7 Å². The maximum atomic E-state index is 12.0. The number of nitrogens with one attached hydrogen (secondary N) is 1. The maximum absolute atomic E-state index is 12.0. The van der Waals surface area contributed by atoms with Crippen molar-refractivity contribution in [2.45, 2.75) is 32.4 Å². The summed E-state index contributed by atoms with van der Waals surface area (Å²) in [5.41, 5.74) is -0.994. The van der Waals surface area contributed by atoms with Gasteiger partial charge >= 0.3 is 12.0 Å². The molecule has 110 valence electrons. The van der Waals surface area contributed by atoms with Crippen molar-refractivity contribution in [2.75, 3.05) is 26.3 Å². The molecule has 0 aliphatic carbocycles. The van der Waals surface area contributed by atoms with Crippen molar-refractivity contribution in [2.24, 2.45) is 5.92 Å². The first kappa shape index (κ1) is 15.7. The van der Waals surface area contributed by atoms with Gasteiger partial charge in [-0.3, -0.25) is 4.79 Å². The number of carboxylic acids is 1. The monoisotopic (exact) mass is 274 g/mol. The third-order valence-corrected chi connectivity index (χ3v) is 2.95. The second-order valence-electron chi connectivity index (χ2n) is 5.36. The Kier molecular flexibility index (Phi) is 5.13. The topological polar surface area (TPSA) is 99.1 Å². The molecule has 7 heteroatoms. The van der Waals surface area contributed by atoms with E-state index in [-0.39, 0.29) is 25.8 Å². The van der Waals surface area contributed by atoms with Crippen LogP contribution in [-0.2, 0) is 9.53 Å². The Morgan fingerprint density at radius 3 is 2.53 bits per heavy atom. The molecule has 3 N–H and O–H groups in total. The van der Waals surface area contributed by atoms with E-state index in [1.54, 1.807) is 20.8 Å². The highest BCUT2D eigenvalue weighted by Crippen LogP contribution is 2.14. The van der Waals surface area contributed by atoms with Crippen LogP contribution in [0.1, 0.15) is 20.8 Å². The van der Waals surface area contributed by atoms with E-state index in [4.69, 9.17) is 9.84 Å². The lowest BCUT2D eigenvalue weighted by molar-refractivity contribution is -0.142. The molecule has 1 fully saturated rings. The SMILES string of the molecule is CCN(CC(C)(C)O)C(=O)NC1COCC1C(=O)O. The number of carbonyl (C=O) groups is 2. The van der Waals surface area contributed by atoms with Crippen molar-refractivity contribution in [3.05, 3.63) is 0 Å². The van der Waals surface area contributed by atoms with E-state index in [0.29, 0.717) is 6.54 Å². The molecule has 7 nitrogen and oxygen atoms in total. The fraction of sp³-hybridized carbons (Fsp3) is 0.833. The Labute approximate surface area is 112 Å². The van der Waals surface area contributed by atoms with Crippen molar-refractivity contribution >= 4 is 12.0 Å². The quantitative estimate of drug-likeness (QED) is 0.649. The number of carboxylic acid groups (broad SMARTS) is 1. The Balaban J connectivity index is 2.59. The van der Waals surface area contributed by atoms with E-state index in [1.807, 2.05) is 0 Å². The Morgan fingerprint density at radius 2 is 2.05 bits per heavy atom. The van der Waals surface area contributed by atoms with Crippen molar-refractivity contribution in [3.63, 3.8) is 0 Å². The molecule has 19 heavy (non-hydrogen) atoms. The minimum atomic E-state index is -0.994. The standard InChI is InChI=1S/C12H22N2O5/c1-4-14(7-12(2,3)18)11(17)13-9-6-19-5-8(9)10(15)16/h8-9,18H,4-7H2,1-3H3,(H,13,17)(H,15,16). The smallest absolute Gasteiger partial charge is 0.317 e. The number of aliphatic hydroxyl groups is 1. The molecule has 0 spiro atoms. The van der Waals surface area contributed by atoms with E-state index in [2.05, 4.69) is 5.32 Å². The molecule has 2 unspecified atom stereocenters. The number of amides is 2. The molecular formula is C12H22N2O5. The van der Waals surface area contributed by atoms with Crippen LogP contribution in [0.15, 0.2) is 0 Å². The first-order valence-electron chi connectivity index (χ1n) is 6.33. The molecule has 2 amide bonds. The van der Waals surface area contributed by atoms with Gasteiger partial charge in [0.05, 0.1) is 31.4 Å². The summed E-state index contributed by atoms with van der Waals surface area (Å²) in [7, 11) is 0. The number of likely N-dealkylation sites (N-methyl/N-ethyl adjacent to an activating group) is 1. The minimum Gasteiger partial charge on any atom is -0.481 e. The average Bonchev–Trinajstić information content (AvgIpc) is 2.72. The Bertz CT molecular complexity index is 340. The van der Waals surface area contributed by atoms with Crippen molar-refractivity contribution < 1.29 is 24.5 Å². The summed E-state index contributed by atoms with van der Waals surface area (Å²) in [5.74, 6) is -1.70. The summed E-state index contributed by atoms with van der Waals surface area (Å²) in [6, 6.07) is -0.910. The molecule has 0 aromatic carbocycles. The highest BCUT2D eigenvalue weighted by molar-refractivity contribution is 5.77. The average molecular weight is 274 g/mol. The third-order valence-electron chi connectivity index (χ3n) is 2.95. The van der Waals surface area contributed by atoms with Gasteiger partial charge in [-0.1, -0.05) is 0 Å². The number of carbonyl (C=O) groups excluding carboxylic acids is 1. The highest BCUT2D eigenvalue weighted by atomic mass is 16.5. The fourth-order valence-electron chi connectivity index (χ4n) is 1.98. The number of ether oxygens (including phenoxy) is 1. The van der Waals surface area contributed by atoms with E-state index < -0.39 is 23.5 Å². The van der Waals surface area contributed by atoms with E-state index >= 15 is 0 Å². The summed E-state index contributed by atoms with van der Waals surface area (Å²) in [6.07, 6.45) is 0. The number of nitrogens with zero attached hydrogens (tertiary/aromatic N) is 1. The number of aliphatic carboxylic acids is 1. The lowest BCUT2D eigenvalue weighted by atomic mass is 10.0. The lowest BCUT2D eigenvalue weighted by Crippen LogP contribution is -2.52. The Hall–Kier alpha value is -1.34. The van der Waals surface area contributed by atoms with Crippen LogP contribution in [0.2, 0.25) is 0 Å². The van der Waals surface area contributed by atoms with Crippen LogP contribution in [0.5, 0.6) is 0 Å². The summed E-state index contributed by atoms with van der Waals surface area (Å²) in [5, 5.41) is 21.4. The first-order valence-corrected chi connectivity index (χ1v) is 6.33. The summed E-state index contributed by atoms with van der Waals surface area (Å²) in [6.45, 7) is 5.94. The molecular weight excluding hydrogens is 252 g/mol. The van der Waals surface area contributed by atoms with Gasteiger partial charge in [-0.2, -0.15) is 0 Å². The number of urea groups is 1. The summed E-state index contributed by atoms with van der Waals surface area (Å²) >= 11 is 0. The van der Waals surface area contributed by atoms with Gasteiger partial charge in [0, 0.05) is 6.54 Å². The molecule has 2 atom stereocenters. The number of hydrogen-bond acceptors (Lipinski definition) is 4. The third kappa shape index (κ3) is 4.68. The van der Waals surface area contributed by atoms with Gasteiger partial charge in [0.2, 0.25) is 0 Å². The second-order valence-corrected chi connectivity index (χ2v) is 5.36. The number of hydrogen-bond donors (Lipinski definition) is 3. The molecule has 1 saturated heterocycles. The largest absolute Gasteiger partial charge is 0.481 e. The van der Waals surface area contributed by atoms with E-state index in [1.165, 1.54) is 4.90 Å². The molecule has 0 radical (unpaired) electrons. The summed E-state index contributed by atoms with van der Waals surface area (Å²) in [4.78, 5) is 24.4. The van der Waals surface area contributed by atoms with Crippen LogP contribution < -0.4 is 5.32 Å². The Morgan fingerprint density at radius 1 is 1.42 bits per heavy atom. The molecule has 0 aromatic rings. The van der Waals surface area contributed by atoms with Crippen LogP contribution in [0.4, 0.5) is 4.79 Å². The second kappa shape index (κ2) is 6.21. The van der Waals surface area contributed by atoms with Gasteiger partial charge in [0.25, 0.3) is 0 Å². The van der Waals surface area contributed by atoms with Crippen LogP contribution >= 0.6 is 0 Å². The van der Waals surface area contributed by atoms with Gasteiger partial charge in [0.1, 0.15) is 5.92 Å². The zero-order valence-electron chi connectivity index (χ0n) is 11.5. The predicted octanol–water partition coefficient (Wildman–Crippen LogP) is -0.112. The summed E-state index contributed by atoms with van der Waals surface area (Å²) < 4.78 is 5.08. The molecule has 0 bridgehead atoms. The van der Waals surface area contributed by atoms with Gasteiger partial charge in [0.15, 0.2) is 0 Å². The maximum Gasteiger partial charge on any atom is 0.317 e. The number of rotatable bonds is 5. The molecule has 1 aliphatic rings. The van der Waals surface area contributed by atoms with Crippen LogP contribution in [0.25, 0.3) is 0 Å². The zero-order valence-corrected chi connectivity index (χ0v) is 11.5. The lowest BCUT2D eigenvalue weighted by Gasteiger charge is -2.29.